The Morgan fingerprint density at radius 3 is 2.42 bits per heavy atom. The minimum Gasteiger partial charge on any atom is -0.481 e. The molecule has 4 heteroatoms. The lowest BCUT2D eigenvalue weighted by atomic mass is 9.76. The maximum Gasteiger partial charge on any atom is 0.311 e. The zero-order chi connectivity index (χ0) is 14.2. The molecule has 2 aliphatic rings. The van der Waals surface area contributed by atoms with Crippen molar-refractivity contribution in [1.82, 2.24) is 4.90 Å². The largest absolute Gasteiger partial charge is 0.481 e. The minimum atomic E-state index is -0.769. The van der Waals surface area contributed by atoms with E-state index < -0.39 is 11.4 Å². The first-order valence-corrected chi connectivity index (χ1v) is 7.10. The summed E-state index contributed by atoms with van der Waals surface area (Å²) < 4.78 is 0. The number of amides is 1. The van der Waals surface area contributed by atoms with Gasteiger partial charge in [0.05, 0.1) is 5.41 Å². The van der Waals surface area contributed by atoms with Crippen LogP contribution in [0.1, 0.15) is 46.5 Å². The van der Waals surface area contributed by atoms with Crippen molar-refractivity contribution >= 4 is 11.9 Å². The van der Waals surface area contributed by atoms with Crippen LogP contribution in [-0.4, -0.2) is 35.0 Å². The number of nitrogens with zero attached hydrogens (tertiary/aromatic N) is 1. The van der Waals surface area contributed by atoms with E-state index in [1.165, 1.54) is 5.57 Å². The second-order valence-corrected chi connectivity index (χ2v) is 6.21. The third-order valence-electron chi connectivity index (χ3n) is 4.87. The summed E-state index contributed by atoms with van der Waals surface area (Å²) in [5.74, 6) is -0.657. The molecule has 1 atom stereocenters. The van der Waals surface area contributed by atoms with Gasteiger partial charge in [0.1, 0.15) is 0 Å². The molecule has 1 saturated heterocycles. The Balaban J connectivity index is 2.16. The van der Waals surface area contributed by atoms with Crippen LogP contribution in [0.15, 0.2) is 11.1 Å². The van der Waals surface area contributed by atoms with Gasteiger partial charge < -0.3 is 10.0 Å². The Bertz CT molecular complexity index is 439. The molecule has 0 bridgehead atoms. The number of carbonyl (C=O) groups is 2. The van der Waals surface area contributed by atoms with Gasteiger partial charge in [0.2, 0.25) is 5.91 Å². The number of carboxylic acids is 1. The molecule has 106 valence electrons. The number of aliphatic carboxylic acids is 1. The minimum absolute atomic E-state index is 0.0430. The van der Waals surface area contributed by atoms with Gasteiger partial charge in [0.15, 0.2) is 0 Å². The molecule has 19 heavy (non-hydrogen) atoms. The Labute approximate surface area is 114 Å². The molecule has 0 radical (unpaired) electrons. The summed E-state index contributed by atoms with van der Waals surface area (Å²) in [6, 6.07) is 0. The smallest absolute Gasteiger partial charge is 0.311 e. The van der Waals surface area contributed by atoms with Crippen LogP contribution in [0, 0.1) is 11.3 Å². The highest BCUT2D eigenvalue weighted by Crippen LogP contribution is 2.39. The summed E-state index contributed by atoms with van der Waals surface area (Å²) in [5, 5.41) is 9.50. The molecular formula is C15H23NO3. The normalized spacial score (nSPS) is 27.5. The van der Waals surface area contributed by atoms with Gasteiger partial charge in [-0.2, -0.15) is 0 Å². The lowest BCUT2D eigenvalue weighted by Gasteiger charge is -2.28. The van der Waals surface area contributed by atoms with Crippen molar-refractivity contribution in [2.45, 2.75) is 46.5 Å². The summed E-state index contributed by atoms with van der Waals surface area (Å²) in [4.78, 5) is 25.8. The molecule has 1 aliphatic heterocycles. The predicted octanol–water partition coefficient (Wildman–Crippen LogP) is 2.45. The van der Waals surface area contributed by atoms with Crippen molar-refractivity contribution in [3.05, 3.63) is 11.1 Å². The fourth-order valence-corrected chi connectivity index (χ4v) is 3.27. The number of rotatable bonds is 3. The Hall–Kier alpha value is -1.32. The molecule has 1 N–H and O–H groups in total. The molecule has 4 nitrogen and oxygen atoms in total. The van der Waals surface area contributed by atoms with Crippen molar-refractivity contribution in [2.75, 3.05) is 13.1 Å². The van der Waals surface area contributed by atoms with Crippen LogP contribution in [0.3, 0.4) is 0 Å². The third-order valence-corrected chi connectivity index (χ3v) is 4.87. The Morgan fingerprint density at radius 1 is 1.32 bits per heavy atom. The van der Waals surface area contributed by atoms with Gasteiger partial charge in [0.25, 0.3) is 0 Å². The quantitative estimate of drug-likeness (QED) is 0.852. The second kappa shape index (κ2) is 4.99. The maximum absolute atomic E-state index is 12.5. The Kier molecular flexibility index (Phi) is 3.70. The standard InChI is InChI=1S/C15H23NO3/c1-10(2)15(14(18)19)7-8-16(9-15)13(17)12-6-4-5-11(12)3/h10H,4-9H2,1-3H3,(H,18,19). The molecule has 1 aliphatic carbocycles. The van der Waals surface area contributed by atoms with Crippen molar-refractivity contribution < 1.29 is 14.7 Å². The fraction of sp³-hybridized carbons (Fsp3) is 0.733. The van der Waals surface area contributed by atoms with Crippen LogP contribution in [0.25, 0.3) is 0 Å². The van der Waals surface area contributed by atoms with E-state index >= 15 is 0 Å². The lowest BCUT2D eigenvalue weighted by molar-refractivity contribution is -0.151. The van der Waals surface area contributed by atoms with E-state index in [1.54, 1.807) is 4.90 Å². The van der Waals surface area contributed by atoms with Crippen LogP contribution in [-0.2, 0) is 9.59 Å². The number of carbonyl (C=O) groups excluding carboxylic acids is 1. The van der Waals surface area contributed by atoms with E-state index in [0.29, 0.717) is 19.5 Å². The number of hydrogen-bond acceptors (Lipinski definition) is 2. The summed E-state index contributed by atoms with van der Waals surface area (Å²) in [5.41, 5.74) is 1.34. The summed E-state index contributed by atoms with van der Waals surface area (Å²) in [7, 11) is 0. The van der Waals surface area contributed by atoms with E-state index in [1.807, 2.05) is 20.8 Å². The maximum atomic E-state index is 12.5. The van der Waals surface area contributed by atoms with Crippen LogP contribution in [0.5, 0.6) is 0 Å². The first-order valence-electron chi connectivity index (χ1n) is 7.10. The first kappa shape index (κ1) is 14.1. The number of hydrogen-bond donors (Lipinski definition) is 1. The van der Waals surface area contributed by atoms with Crippen molar-refractivity contribution in [3.8, 4) is 0 Å². The molecule has 1 fully saturated rings. The topological polar surface area (TPSA) is 57.6 Å². The molecule has 1 unspecified atom stereocenters. The van der Waals surface area contributed by atoms with Crippen LogP contribution in [0.2, 0.25) is 0 Å². The van der Waals surface area contributed by atoms with Crippen LogP contribution in [0.4, 0.5) is 0 Å². The molecular weight excluding hydrogens is 242 g/mol. The second-order valence-electron chi connectivity index (χ2n) is 6.21. The van der Waals surface area contributed by atoms with E-state index in [2.05, 4.69) is 0 Å². The number of allylic oxidation sites excluding steroid dienone is 1. The highest BCUT2D eigenvalue weighted by molar-refractivity contribution is 5.95. The average Bonchev–Trinajstić information content (AvgIpc) is 2.94. The SMILES string of the molecule is CC1=C(C(=O)N2CCC(C(=O)O)(C(C)C)C2)CCC1. The first-order chi connectivity index (χ1) is 8.88. The fourth-order valence-electron chi connectivity index (χ4n) is 3.27. The van der Waals surface area contributed by atoms with E-state index in [9.17, 15) is 14.7 Å². The van der Waals surface area contributed by atoms with Gasteiger partial charge in [-0.15, -0.1) is 0 Å². The zero-order valence-corrected chi connectivity index (χ0v) is 12.0. The molecule has 0 saturated carbocycles. The van der Waals surface area contributed by atoms with Crippen molar-refractivity contribution in [3.63, 3.8) is 0 Å². The molecule has 0 aromatic heterocycles. The van der Waals surface area contributed by atoms with Gasteiger partial charge >= 0.3 is 5.97 Å². The van der Waals surface area contributed by atoms with Crippen molar-refractivity contribution in [2.24, 2.45) is 11.3 Å². The summed E-state index contributed by atoms with van der Waals surface area (Å²) in [6.45, 7) is 6.81. The van der Waals surface area contributed by atoms with Crippen molar-refractivity contribution in [1.29, 1.82) is 0 Å². The highest BCUT2D eigenvalue weighted by Gasteiger charge is 2.48. The van der Waals surface area contributed by atoms with E-state index in [0.717, 1.165) is 24.8 Å². The van der Waals surface area contributed by atoms with E-state index in [-0.39, 0.29) is 11.8 Å². The van der Waals surface area contributed by atoms with Gasteiger partial charge in [-0.05, 0) is 38.5 Å². The molecule has 1 amide bonds. The summed E-state index contributed by atoms with van der Waals surface area (Å²) >= 11 is 0. The molecule has 1 heterocycles. The van der Waals surface area contributed by atoms with Gasteiger partial charge in [-0.3, -0.25) is 9.59 Å². The lowest BCUT2D eigenvalue weighted by Crippen LogP contribution is -2.40. The van der Waals surface area contributed by atoms with Gasteiger partial charge in [0, 0.05) is 18.7 Å². The highest BCUT2D eigenvalue weighted by atomic mass is 16.4. The average molecular weight is 265 g/mol. The van der Waals surface area contributed by atoms with Gasteiger partial charge in [-0.1, -0.05) is 19.4 Å². The van der Waals surface area contributed by atoms with Gasteiger partial charge in [-0.25, -0.2) is 0 Å². The third kappa shape index (κ3) is 2.28. The Morgan fingerprint density at radius 2 is 2.00 bits per heavy atom. The van der Waals surface area contributed by atoms with E-state index in [4.69, 9.17) is 0 Å². The monoisotopic (exact) mass is 265 g/mol. The zero-order valence-electron chi connectivity index (χ0n) is 12.0. The predicted molar refractivity (Wildman–Crippen MR) is 72.7 cm³/mol. The molecule has 2 rings (SSSR count). The summed E-state index contributed by atoms with van der Waals surface area (Å²) in [6.07, 6.45) is 3.47. The molecule has 0 spiro atoms. The molecule has 0 aromatic carbocycles. The number of likely N-dealkylation sites (tertiary alicyclic amines) is 1. The van der Waals surface area contributed by atoms with Crippen LogP contribution >= 0.6 is 0 Å². The van der Waals surface area contributed by atoms with Crippen LogP contribution < -0.4 is 0 Å². The molecule has 0 aromatic rings. The number of carboxylic acid groups (broad SMARTS) is 1.